The summed E-state index contributed by atoms with van der Waals surface area (Å²) >= 11 is 0. The number of amides is 1. The minimum absolute atomic E-state index is 0.133. The molecule has 0 aliphatic carbocycles. The summed E-state index contributed by atoms with van der Waals surface area (Å²) < 4.78 is 1.69. The van der Waals surface area contributed by atoms with Crippen LogP contribution in [0.1, 0.15) is 55.2 Å². The number of hydrogen-bond acceptors (Lipinski definition) is 5. The van der Waals surface area contributed by atoms with E-state index in [4.69, 9.17) is 0 Å². The quantitative estimate of drug-likeness (QED) is 0.903. The second kappa shape index (κ2) is 7.25. The Morgan fingerprint density at radius 2 is 2.29 bits per heavy atom. The van der Waals surface area contributed by atoms with Gasteiger partial charge in [-0.05, 0) is 50.8 Å². The number of hydrogen-bond donors (Lipinski definition) is 1. The Morgan fingerprint density at radius 3 is 3.04 bits per heavy atom. The molecule has 1 aliphatic heterocycles. The largest absolute Gasteiger partial charge is 0.351 e. The summed E-state index contributed by atoms with van der Waals surface area (Å²) in [5, 5.41) is 7.18. The highest BCUT2D eigenvalue weighted by molar-refractivity contribution is 5.92. The molecule has 130 valence electrons. The van der Waals surface area contributed by atoms with Gasteiger partial charge in [-0.15, -0.1) is 0 Å². The molecule has 24 heavy (non-hydrogen) atoms. The molecule has 0 unspecified atom stereocenters. The maximum atomic E-state index is 12.4. The second-order valence-electron chi connectivity index (χ2n) is 7.01. The molecule has 1 amide bonds. The van der Waals surface area contributed by atoms with Crippen molar-refractivity contribution in [2.45, 2.75) is 39.0 Å². The Balaban J connectivity index is 1.63. The highest BCUT2D eigenvalue weighted by atomic mass is 16.1. The van der Waals surface area contributed by atoms with Gasteiger partial charge in [-0.3, -0.25) is 4.79 Å². The van der Waals surface area contributed by atoms with Gasteiger partial charge in [0.15, 0.2) is 0 Å². The van der Waals surface area contributed by atoms with Crippen molar-refractivity contribution < 1.29 is 4.79 Å². The Hall–Kier alpha value is -2.02. The smallest absolute Gasteiger partial charge is 0.270 e. The van der Waals surface area contributed by atoms with Gasteiger partial charge in [-0.25, -0.2) is 9.50 Å². The molecular weight excluding hydrogens is 304 g/mol. The highest BCUT2D eigenvalue weighted by Gasteiger charge is 2.18. The van der Waals surface area contributed by atoms with Crippen molar-refractivity contribution in [2.24, 2.45) is 5.92 Å². The predicted octanol–water partition coefficient (Wildman–Crippen LogP) is 1.71. The van der Waals surface area contributed by atoms with Crippen LogP contribution in [0.2, 0.25) is 0 Å². The van der Waals surface area contributed by atoms with Gasteiger partial charge < -0.3 is 10.2 Å². The average Bonchev–Trinajstić information content (AvgIpc) is 3.02. The lowest BCUT2D eigenvalue weighted by Gasteiger charge is -2.29. The van der Waals surface area contributed by atoms with Crippen molar-refractivity contribution in [3.05, 3.63) is 23.8 Å². The molecule has 3 rings (SSSR count). The summed E-state index contributed by atoms with van der Waals surface area (Å²) in [4.78, 5) is 23.3. The van der Waals surface area contributed by atoms with E-state index in [1.165, 1.54) is 25.7 Å². The first-order chi connectivity index (χ1) is 11.5. The maximum Gasteiger partial charge on any atom is 0.270 e. The van der Waals surface area contributed by atoms with Crippen LogP contribution in [0.4, 0.5) is 0 Å². The normalized spacial score (nSPS) is 19.1. The molecule has 0 saturated carbocycles. The Labute approximate surface area is 142 Å². The van der Waals surface area contributed by atoms with Crippen molar-refractivity contribution in [2.75, 3.05) is 26.7 Å². The van der Waals surface area contributed by atoms with E-state index in [9.17, 15) is 4.79 Å². The van der Waals surface area contributed by atoms with Crippen molar-refractivity contribution in [1.29, 1.82) is 0 Å². The standard InChI is InChI=1S/C17H26N6O/c1-12(2)15-9-14(21-17-19-11-20-23(15)17)16(24)18-7-6-13-5-4-8-22(3)10-13/h9,11-13H,4-8,10H2,1-3H3,(H,18,24)/t13-/m1/s1. The Morgan fingerprint density at radius 1 is 1.46 bits per heavy atom. The lowest BCUT2D eigenvalue weighted by atomic mass is 9.95. The molecule has 1 N–H and O–H groups in total. The summed E-state index contributed by atoms with van der Waals surface area (Å²) in [6.45, 7) is 7.13. The number of nitrogens with one attached hydrogen (secondary N) is 1. The van der Waals surface area contributed by atoms with Gasteiger partial charge >= 0.3 is 0 Å². The molecule has 7 heteroatoms. The van der Waals surface area contributed by atoms with E-state index in [2.05, 4.69) is 46.2 Å². The third-order valence-corrected chi connectivity index (χ3v) is 4.66. The second-order valence-corrected chi connectivity index (χ2v) is 7.01. The highest BCUT2D eigenvalue weighted by Crippen LogP contribution is 2.18. The zero-order chi connectivity index (χ0) is 17.1. The summed E-state index contributed by atoms with van der Waals surface area (Å²) in [7, 11) is 2.16. The van der Waals surface area contributed by atoms with Gasteiger partial charge in [0.25, 0.3) is 11.7 Å². The summed E-state index contributed by atoms with van der Waals surface area (Å²) in [6, 6.07) is 1.82. The van der Waals surface area contributed by atoms with Gasteiger partial charge in [-0.1, -0.05) is 13.8 Å². The number of aromatic nitrogens is 4. The third kappa shape index (κ3) is 3.72. The molecule has 0 bridgehead atoms. The summed E-state index contributed by atoms with van der Waals surface area (Å²) in [6.07, 6.45) is 4.98. The van der Waals surface area contributed by atoms with Crippen LogP contribution < -0.4 is 5.32 Å². The molecule has 3 heterocycles. The predicted molar refractivity (Wildman–Crippen MR) is 92.0 cm³/mol. The van der Waals surface area contributed by atoms with Crippen molar-refractivity contribution in [3.63, 3.8) is 0 Å². The first-order valence-electron chi connectivity index (χ1n) is 8.72. The van der Waals surface area contributed by atoms with Crippen LogP contribution >= 0.6 is 0 Å². The van der Waals surface area contributed by atoms with Gasteiger partial charge in [-0.2, -0.15) is 10.1 Å². The zero-order valence-electron chi connectivity index (χ0n) is 14.7. The van der Waals surface area contributed by atoms with Crippen LogP contribution in [0.5, 0.6) is 0 Å². The lowest BCUT2D eigenvalue weighted by molar-refractivity contribution is 0.0943. The van der Waals surface area contributed by atoms with E-state index in [-0.39, 0.29) is 11.8 Å². The number of likely N-dealkylation sites (tertiary alicyclic amines) is 1. The molecule has 1 saturated heterocycles. The molecule has 1 aliphatic rings. The summed E-state index contributed by atoms with van der Waals surface area (Å²) in [5.41, 5.74) is 1.36. The van der Waals surface area contributed by atoms with Gasteiger partial charge in [0.05, 0.1) is 5.69 Å². The Kier molecular flexibility index (Phi) is 5.08. The molecule has 2 aromatic heterocycles. The molecule has 1 atom stereocenters. The van der Waals surface area contributed by atoms with Crippen LogP contribution in [0.25, 0.3) is 5.78 Å². The van der Waals surface area contributed by atoms with Crippen molar-refractivity contribution in [1.82, 2.24) is 29.8 Å². The van der Waals surface area contributed by atoms with E-state index in [1.807, 2.05) is 6.07 Å². The summed E-state index contributed by atoms with van der Waals surface area (Å²) in [5.74, 6) is 1.25. The zero-order valence-corrected chi connectivity index (χ0v) is 14.7. The molecule has 0 aromatic carbocycles. The van der Waals surface area contributed by atoms with E-state index < -0.39 is 0 Å². The van der Waals surface area contributed by atoms with Gasteiger partial charge in [0.2, 0.25) is 0 Å². The topological polar surface area (TPSA) is 75.4 Å². The van der Waals surface area contributed by atoms with Crippen molar-refractivity contribution in [3.8, 4) is 0 Å². The monoisotopic (exact) mass is 330 g/mol. The SMILES string of the molecule is CC(C)c1cc(C(=O)NCC[C@H]2CCCN(C)C2)nc2ncnn12. The fourth-order valence-electron chi connectivity index (χ4n) is 3.35. The average molecular weight is 330 g/mol. The molecule has 1 fully saturated rings. The number of rotatable bonds is 5. The fraction of sp³-hybridized carbons (Fsp3) is 0.647. The molecule has 2 aromatic rings. The van der Waals surface area contributed by atoms with E-state index in [1.54, 1.807) is 4.52 Å². The van der Waals surface area contributed by atoms with Crippen molar-refractivity contribution >= 4 is 11.7 Å². The number of carbonyl (C=O) groups excluding carboxylic acids is 1. The molecule has 0 radical (unpaired) electrons. The molecule has 0 spiro atoms. The fourth-order valence-corrected chi connectivity index (χ4v) is 3.35. The minimum Gasteiger partial charge on any atom is -0.351 e. The lowest BCUT2D eigenvalue weighted by Crippen LogP contribution is -2.34. The maximum absolute atomic E-state index is 12.4. The van der Waals surface area contributed by atoms with Crippen LogP contribution in [-0.2, 0) is 0 Å². The number of piperidine rings is 1. The van der Waals surface area contributed by atoms with Crippen LogP contribution in [-0.4, -0.2) is 57.1 Å². The van der Waals surface area contributed by atoms with E-state index >= 15 is 0 Å². The van der Waals surface area contributed by atoms with Gasteiger partial charge in [0.1, 0.15) is 12.0 Å². The van der Waals surface area contributed by atoms with E-state index in [0.29, 0.717) is 23.9 Å². The van der Waals surface area contributed by atoms with Crippen LogP contribution in [0, 0.1) is 5.92 Å². The number of fused-ring (bicyclic) bond motifs is 1. The third-order valence-electron chi connectivity index (χ3n) is 4.66. The Bertz CT molecular complexity index is 710. The molecular formula is C17H26N6O. The molecule has 7 nitrogen and oxygen atoms in total. The minimum atomic E-state index is -0.133. The van der Waals surface area contributed by atoms with Crippen LogP contribution in [0.15, 0.2) is 12.4 Å². The van der Waals surface area contributed by atoms with Crippen LogP contribution in [0.3, 0.4) is 0 Å². The van der Waals surface area contributed by atoms with E-state index in [0.717, 1.165) is 18.7 Å². The first kappa shape index (κ1) is 16.8. The first-order valence-corrected chi connectivity index (χ1v) is 8.72. The number of carbonyl (C=O) groups is 1. The van der Waals surface area contributed by atoms with Gasteiger partial charge in [0, 0.05) is 13.1 Å². The number of nitrogens with zero attached hydrogens (tertiary/aromatic N) is 5.